The Bertz CT molecular complexity index is 1340. The molecular weight excluding hydrogens is 430 g/mol. The van der Waals surface area contributed by atoms with E-state index >= 15 is 0 Å². The van der Waals surface area contributed by atoms with Gasteiger partial charge in [-0.1, -0.05) is 60.7 Å². The van der Waals surface area contributed by atoms with Crippen molar-refractivity contribution in [1.82, 2.24) is 14.9 Å². The van der Waals surface area contributed by atoms with Crippen molar-refractivity contribution in [1.29, 1.82) is 0 Å². The molecule has 2 aromatic heterocycles. The third kappa shape index (κ3) is 4.88. The number of aromatic nitrogens is 2. The Labute approximate surface area is 197 Å². The van der Waals surface area contributed by atoms with Gasteiger partial charge in [-0.25, -0.2) is 9.78 Å². The van der Waals surface area contributed by atoms with Gasteiger partial charge in [0.1, 0.15) is 11.2 Å². The number of esters is 1. The number of carbonyl (C=O) groups is 2. The summed E-state index contributed by atoms with van der Waals surface area (Å²) in [7, 11) is 0. The molecule has 0 saturated carbocycles. The molecule has 0 aliphatic heterocycles. The standard InChI is InChI=1S/C27H25N3O4/c1-3-30-16-22(25(32)21-15-14-18(2)28-26(21)30)27(33)34-17-23(31)29-24(19-10-6-4-7-11-19)20-12-8-5-9-13-20/h4-16,24H,3,17H2,1-2H3,(H,29,31). The van der Waals surface area contributed by atoms with Crippen molar-refractivity contribution in [2.45, 2.75) is 26.4 Å². The van der Waals surface area contributed by atoms with E-state index in [0.717, 1.165) is 16.8 Å². The van der Waals surface area contributed by atoms with Gasteiger partial charge in [0.25, 0.3) is 5.91 Å². The topological polar surface area (TPSA) is 90.3 Å². The highest BCUT2D eigenvalue weighted by atomic mass is 16.5. The Morgan fingerprint density at radius 2 is 1.59 bits per heavy atom. The molecule has 34 heavy (non-hydrogen) atoms. The third-order valence-electron chi connectivity index (χ3n) is 5.53. The summed E-state index contributed by atoms with van der Waals surface area (Å²) in [5, 5.41) is 3.25. The van der Waals surface area contributed by atoms with Gasteiger partial charge < -0.3 is 14.6 Å². The molecule has 0 unspecified atom stereocenters. The molecule has 4 aromatic rings. The number of fused-ring (bicyclic) bond motifs is 1. The summed E-state index contributed by atoms with van der Waals surface area (Å²) in [6, 6.07) is 22.0. The molecule has 0 aliphatic rings. The molecule has 7 nitrogen and oxygen atoms in total. The van der Waals surface area contributed by atoms with Crippen molar-refractivity contribution in [3.05, 3.63) is 112 Å². The van der Waals surface area contributed by atoms with Gasteiger partial charge in [-0.3, -0.25) is 9.59 Å². The molecule has 4 rings (SSSR count). The first-order valence-corrected chi connectivity index (χ1v) is 11.0. The molecule has 2 heterocycles. The lowest BCUT2D eigenvalue weighted by molar-refractivity contribution is -0.124. The van der Waals surface area contributed by atoms with Crippen LogP contribution in [0.2, 0.25) is 0 Å². The summed E-state index contributed by atoms with van der Waals surface area (Å²) < 4.78 is 6.95. The number of nitrogens with one attached hydrogen (secondary N) is 1. The predicted molar refractivity (Wildman–Crippen MR) is 130 cm³/mol. The molecule has 2 aromatic carbocycles. The Morgan fingerprint density at radius 1 is 0.971 bits per heavy atom. The fourth-order valence-electron chi connectivity index (χ4n) is 3.81. The number of hydrogen-bond donors (Lipinski definition) is 1. The molecule has 0 fully saturated rings. The van der Waals surface area contributed by atoms with Crippen LogP contribution < -0.4 is 10.7 Å². The minimum absolute atomic E-state index is 0.129. The summed E-state index contributed by atoms with van der Waals surface area (Å²) in [6.07, 6.45) is 1.44. The molecule has 0 atom stereocenters. The first kappa shape index (κ1) is 22.9. The Balaban J connectivity index is 1.52. The number of hydrogen-bond acceptors (Lipinski definition) is 5. The average Bonchev–Trinajstić information content (AvgIpc) is 2.87. The smallest absolute Gasteiger partial charge is 0.344 e. The van der Waals surface area contributed by atoms with E-state index in [2.05, 4.69) is 10.3 Å². The van der Waals surface area contributed by atoms with E-state index in [-0.39, 0.29) is 5.56 Å². The largest absolute Gasteiger partial charge is 0.452 e. The second kappa shape index (κ2) is 10.1. The molecule has 0 radical (unpaired) electrons. The molecule has 0 aliphatic carbocycles. The van der Waals surface area contributed by atoms with E-state index in [9.17, 15) is 14.4 Å². The average molecular weight is 456 g/mol. The number of nitrogens with zero attached hydrogens (tertiary/aromatic N) is 2. The van der Waals surface area contributed by atoms with Crippen LogP contribution in [0.4, 0.5) is 0 Å². The van der Waals surface area contributed by atoms with Crippen molar-refractivity contribution in [2.75, 3.05) is 6.61 Å². The molecule has 1 N–H and O–H groups in total. The van der Waals surface area contributed by atoms with Crippen LogP contribution in [-0.2, 0) is 16.1 Å². The second-order valence-electron chi connectivity index (χ2n) is 7.88. The number of amides is 1. The summed E-state index contributed by atoms with van der Waals surface area (Å²) in [5.41, 5.74) is 2.48. The number of pyridine rings is 2. The number of aryl methyl sites for hydroxylation is 2. The van der Waals surface area contributed by atoms with E-state index in [1.807, 2.05) is 74.5 Å². The second-order valence-corrected chi connectivity index (χ2v) is 7.88. The van der Waals surface area contributed by atoms with Gasteiger partial charge in [-0.15, -0.1) is 0 Å². The van der Waals surface area contributed by atoms with Gasteiger partial charge in [-0.05, 0) is 37.1 Å². The lowest BCUT2D eigenvalue weighted by Gasteiger charge is -2.20. The zero-order valence-electron chi connectivity index (χ0n) is 19.0. The summed E-state index contributed by atoms with van der Waals surface area (Å²) in [5.74, 6) is -1.32. The van der Waals surface area contributed by atoms with Gasteiger partial charge in [0.15, 0.2) is 6.61 Å². The van der Waals surface area contributed by atoms with E-state index in [1.54, 1.807) is 16.7 Å². The molecule has 0 bridgehead atoms. The summed E-state index contributed by atoms with van der Waals surface area (Å²) in [6.45, 7) is 3.74. The van der Waals surface area contributed by atoms with Crippen LogP contribution in [0.1, 0.15) is 40.1 Å². The van der Waals surface area contributed by atoms with E-state index in [0.29, 0.717) is 17.6 Å². The van der Waals surface area contributed by atoms with Gasteiger partial charge in [0.2, 0.25) is 5.43 Å². The highest BCUT2D eigenvalue weighted by Crippen LogP contribution is 2.21. The molecule has 0 saturated heterocycles. The SMILES string of the molecule is CCn1cc(C(=O)OCC(=O)NC(c2ccccc2)c2ccccc2)c(=O)c2ccc(C)nc21. The van der Waals surface area contributed by atoms with Crippen LogP contribution in [0.3, 0.4) is 0 Å². The Hall–Kier alpha value is -4.26. The molecule has 172 valence electrons. The quantitative estimate of drug-likeness (QED) is 0.428. The van der Waals surface area contributed by atoms with Crippen LogP contribution in [0, 0.1) is 6.92 Å². The third-order valence-corrected chi connectivity index (χ3v) is 5.53. The summed E-state index contributed by atoms with van der Waals surface area (Å²) in [4.78, 5) is 42.8. The number of ether oxygens (including phenoxy) is 1. The van der Waals surface area contributed by atoms with E-state index in [1.165, 1.54) is 6.20 Å². The van der Waals surface area contributed by atoms with E-state index < -0.39 is 30.0 Å². The van der Waals surface area contributed by atoms with Crippen LogP contribution >= 0.6 is 0 Å². The van der Waals surface area contributed by atoms with Crippen molar-refractivity contribution in [2.24, 2.45) is 0 Å². The molecule has 7 heteroatoms. The van der Waals surface area contributed by atoms with Crippen molar-refractivity contribution in [3.8, 4) is 0 Å². The van der Waals surface area contributed by atoms with Crippen molar-refractivity contribution < 1.29 is 14.3 Å². The maximum atomic E-state index is 12.9. The Kier molecular flexibility index (Phi) is 6.82. The highest BCUT2D eigenvalue weighted by Gasteiger charge is 2.21. The first-order valence-electron chi connectivity index (χ1n) is 11.0. The Morgan fingerprint density at radius 3 is 2.18 bits per heavy atom. The van der Waals surface area contributed by atoms with Crippen molar-refractivity contribution >= 4 is 22.9 Å². The number of rotatable bonds is 7. The van der Waals surface area contributed by atoms with Gasteiger partial charge >= 0.3 is 5.97 Å². The molecular formula is C27H25N3O4. The number of carbonyl (C=O) groups excluding carboxylic acids is 2. The minimum atomic E-state index is -0.846. The summed E-state index contributed by atoms with van der Waals surface area (Å²) >= 11 is 0. The lowest BCUT2D eigenvalue weighted by Crippen LogP contribution is -2.33. The van der Waals surface area contributed by atoms with Gasteiger partial charge in [0.05, 0.1) is 11.4 Å². The maximum absolute atomic E-state index is 12.9. The normalized spacial score (nSPS) is 10.9. The van der Waals surface area contributed by atoms with Gasteiger partial charge in [0, 0.05) is 18.4 Å². The minimum Gasteiger partial charge on any atom is -0.452 e. The maximum Gasteiger partial charge on any atom is 0.344 e. The zero-order chi connectivity index (χ0) is 24.1. The first-order chi connectivity index (χ1) is 16.5. The van der Waals surface area contributed by atoms with E-state index in [4.69, 9.17) is 4.74 Å². The van der Waals surface area contributed by atoms with Crippen LogP contribution in [-0.4, -0.2) is 28.0 Å². The van der Waals surface area contributed by atoms with Crippen LogP contribution in [0.5, 0.6) is 0 Å². The number of benzene rings is 2. The van der Waals surface area contributed by atoms with Crippen LogP contribution in [0.15, 0.2) is 83.8 Å². The zero-order valence-corrected chi connectivity index (χ0v) is 19.0. The molecule has 0 spiro atoms. The van der Waals surface area contributed by atoms with Crippen molar-refractivity contribution in [3.63, 3.8) is 0 Å². The molecule has 1 amide bonds. The van der Waals surface area contributed by atoms with Crippen LogP contribution in [0.25, 0.3) is 11.0 Å². The fraction of sp³-hybridized carbons (Fsp3) is 0.185. The van der Waals surface area contributed by atoms with Gasteiger partial charge in [-0.2, -0.15) is 0 Å². The predicted octanol–water partition coefficient (Wildman–Crippen LogP) is 3.79. The highest BCUT2D eigenvalue weighted by molar-refractivity contribution is 5.94. The monoisotopic (exact) mass is 455 g/mol. The fourth-order valence-corrected chi connectivity index (χ4v) is 3.81. The lowest BCUT2D eigenvalue weighted by atomic mass is 9.99.